The molecule has 0 aliphatic carbocycles. The van der Waals surface area contributed by atoms with Crippen LogP contribution < -0.4 is 16.4 Å². The van der Waals surface area contributed by atoms with Crippen LogP contribution >= 0.6 is 0 Å². The number of rotatable bonds is 23. The van der Waals surface area contributed by atoms with Gasteiger partial charge in [-0.25, -0.2) is 0 Å². The van der Waals surface area contributed by atoms with Gasteiger partial charge in [0.1, 0.15) is 6.29 Å². The maximum absolute atomic E-state index is 9.81. The Bertz CT molecular complexity index is 289. The quantitative estimate of drug-likeness (QED) is 0.102. The van der Waals surface area contributed by atoms with Crippen LogP contribution in [-0.2, 0) is 23.7 Å². The van der Waals surface area contributed by atoms with E-state index in [9.17, 15) is 4.79 Å². The number of hydrogen-bond acceptors (Lipinski definition) is 10. The van der Waals surface area contributed by atoms with Crippen molar-refractivity contribution >= 4 is 6.29 Å². The van der Waals surface area contributed by atoms with E-state index in [-0.39, 0.29) is 6.61 Å². The predicted molar refractivity (Wildman–Crippen MR) is 128 cm³/mol. The molecular weight excluding hydrogens is 418 g/mol. The molecule has 0 aromatic carbocycles. The largest absolute Gasteiger partial charge is 0.396 e. The average Bonchev–Trinajstić information content (AvgIpc) is 2.81. The molecule has 0 radical (unpaired) electrons. The van der Waals surface area contributed by atoms with Crippen LogP contribution in [0.2, 0.25) is 0 Å². The van der Waals surface area contributed by atoms with E-state index in [0.717, 1.165) is 64.6 Å². The third kappa shape index (κ3) is 47.2. The lowest BCUT2D eigenvalue weighted by molar-refractivity contribution is -0.108. The molecule has 0 unspecified atom stereocenters. The molecule has 0 saturated carbocycles. The standard InChI is InChI=1S/C11H25NO3.C7H14O3.C4H12N2O/c1-14-10-11-15-9-5-7-12-6-3-2-4-8-13;1-9-6-7-10-5-3-2-4-8;5-1-2-6-3-4-7/h12-13H,2-11H2,1H3;4H,2-3,5-7H2,1H3;6-7H,1-5H2. The molecule has 0 bridgehead atoms. The zero-order chi connectivity index (χ0) is 24.4. The summed E-state index contributed by atoms with van der Waals surface area (Å²) >= 11 is 0. The van der Waals surface area contributed by atoms with E-state index in [2.05, 4.69) is 10.6 Å². The minimum atomic E-state index is 0.194. The van der Waals surface area contributed by atoms with Crippen molar-refractivity contribution in [3.63, 3.8) is 0 Å². The van der Waals surface area contributed by atoms with Gasteiger partial charge >= 0.3 is 0 Å². The van der Waals surface area contributed by atoms with Gasteiger partial charge in [0.15, 0.2) is 0 Å². The molecule has 0 atom stereocenters. The van der Waals surface area contributed by atoms with Crippen LogP contribution in [0.1, 0.15) is 38.5 Å². The summed E-state index contributed by atoms with van der Waals surface area (Å²) in [6.45, 7) is 8.70. The molecule has 0 rings (SSSR count). The molecule has 10 nitrogen and oxygen atoms in total. The number of aliphatic hydroxyl groups excluding tert-OH is 2. The average molecular weight is 470 g/mol. The van der Waals surface area contributed by atoms with Crippen LogP contribution in [0.4, 0.5) is 0 Å². The fourth-order valence-electron chi connectivity index (χ4n) is 2.03. The number of ether oxygens (including phenoxy) is 4. The van der Waals surface area contributed by atoms with Crippen LogP contribution in [-0.4, -0.2) is 116 Å². The maximum Gasteiger partial charge on any atom is 0.120 e. The smallest absolute Gasteiger partial charge is 0.120 e. The van der Waals surface area contributed by atoms with E-state index in [1.807, 2.05) is 0 Å². The minimum absolute atomic E-state index is 0.194. The van der Waals surface area contributed by atoms with E-state index in [1.165, 1.54) is 0 Å². The van der Waals surface area contributed by atoms with Gasteiger partial charge in [-0.05, 0) is 45.2 Å². The topological polar surface area (TPSA) is 145 Å². The van der Waals surface area contributed by atoms with Crippen molar-refractivity contribution in [1.82, 2.24) is 10.6 Å². The van der Waals surface area contributed by atoms with Crippen molar-refractivity contribution in [3.8, 4) is 0 Å². The van der Waals surface area contributed by atoms with Crippen LogP contribution in [0.3, 0.4) is 0 Å². The van der Waals surface area contributed by atoms with Crippen molar-refractivity contribution < 1.29 is 34.0 Å². The SMILES string of the molecule is COCCOCCCC=O.COCCOCCCNCCCCCO.NCCNCCO. The summed E-state index contributed by atoms with van der Waals surface area (Å²) in [5, 5.41) is 23.0. The second-order valence-electron chi connectivity index (χ2n) is 6.67. The normalized spacial score (nSPS) is 10.2. The molecule has 0 aliphatic rings. The van der Waals surface area contributed by atoms with Gasteiger partial charge in [-0.3, -0.25) is 0 Å². The Morgan fingerprint density at radius 1 is 0.688 bits per heavy atom. The van der Waals surface area contributed by atoms with Crippen LogP contribution in [0.15, 0.2) is 0 Å². The van der Waals surface area contributed by atoms with E-state index in [0.29, 0.717) is 59.2 Å². The second kappa shape index (κ2) is 40.6. The zero-order valence-electron chi connectivity index (χ0n) is 20.5. The Balaban J connectivity index is -0.000000427. The number of carbonyl (C=O) groups is 1. The molecule has 0 heterocycles. The highest BCUT2D eigenvalue weighted by Gasteiger charge is 1.91. The Morgan fingerprint density at radius 3 is 1.81 bits per heavy atom. The van der Waals surface area contributed by atoms with Crippen molar-refractivity contribution in [2.75, 3.05) is 99.8 Å². The number of unbranched alkanes of at least 4 members (excludes halogenated alkanes) is 3. The first-order chi connectivity index (χ1) is 15.7. The molecule has 0 saturated heterocycles. The molecular formula is C22H51N3O7. The molecule has 32 heavy (non-hydrogen) atoms. The van der Waals surface area contributed by atoms with Crippen LogP contribution in [0, 0.1) is 0 Å². The van der Waals surface area contributed by atoms with Gasteiger partial charge in [-0.1, -0.05) is 0 Å². The van der Waals surface area contributed by atoms with E-state index < -0.39 is 0 Å². The third-order valence-electron chi connectivity index (χ3n) is 3.74. The first-order valence-electron chi connectivity index (χ1n) is 11.6. The van der Waals surface area contributed by atoms with Gasteiger partial charge in [0.2, 0.25) is 0 Å². The molecule has 0 spiro atoms. The Kier molecular flexibility index (Phi) is 45.6. The molecule has 6 N–H and O–H groups in total. The Labute approximate surface area is 195 Å². The number of hydrogen-bond donors (Lipinski definition) is 5. The second-order valence-corrected chi connectivity index (χ2v) is 6.67. The zero-order valence-corrected chi connectivity index (χ0v) is 20.5. The number of aliphatic hydroxyl groups is 2. The summed E-state index contributed by atoms with van der Waals surface area (Å²) in [5.41, 5.74) is 5.13. The molecule has 0 aromatic heterocycles. The summed E-state index contributed by atoms with van der Waals surface area (Å²) in [7, 11) is 3.31. The summed E-state index contributed by atoms with van der Waals surface area (Å²) in [6.07, 6.45) is 6.52. The maximum atomic E-state index is 9.81. The van der Waals surface area contributed by atoms with E-state index in [1.54, 1.807) is 14.2 Å². The summed E-state index contributed by atoms with van der Waals surface area (Å²) < 4.78 is 20.0. The Hall–Kier alpha value is -0.690. The molecule has 10 heteroatoms. The molecule has 0 aliphatic heterocycles. The number of nitrogens with one attached hydrogen (secondary N) is 2. The molecule has 0 fully saturated rings. The highest BCUT2D eigenvalue weighted by Crippen LogP contribution is 1.92. The van der Waals surface area contributed by atoms with E-state index in [4.69, 9.17) is 34.9 Å². The number of methoxy groups -OCH3 is 2. The van der Waals surface area contributed by atoms with Gasteiger partial charge in [0, 0.05) is 60.1 Å². The number of nitrogens with two attached hydrogens (primary N) is 1. The van der Waals surface area contributed by atoms with Crippen molar-refractivity contribution in [1.29, 1.82) is 0 Å². The summed E-state index contributed by atoms with van der Waals surface area (Å²) in [6, 6.07) is 0. The summed E-state index contributed by atoms with van der Waals surface area (Å²) in [5.74, 6) is 0. The predicted octanol–water partition coefficient (Wildman–Crippen LogP) is -0.0528. The first-order valence-corrected chi connectivity index (χ1v) is 11.6. The fraction of sp³-hybridized carbons (Fsp3) is 0.955. The minimum Gasteiger partial charge on any atom is -0.396 e. The van der Waals surface area contributed by atoms with Crippen molar-refractivity contribution in [2.24, 2.45) is 5.73 Å². The number of carbonyl (C=O) groups excluding carboxylic acids is 1. The van der Waals surface area contributed by atoms with Gasteiger partial charge in [0.05, 0.1) is 33.0 Å². The molecule has 0 amide bonds. The van der Waals surface area contributed by atoms with Gasteiger partial charge in [0.25, 0.3) is 0 Å². The Morgan fingerprint density at radius 2 is 1.28 bits per heavy atom. The van der Waals surface area contributed by atoms with Crippen LogP contribution in [0.25, 0.3) is 0 Å². The summed E-state index contributed by atoms with van der Waals surface area (Å²) in [4.78, 5) is 9.81. The highest BCUT2D eigenvalue weighted by atomic mass is 16.5. The van der Waals surface area contributed by atoms with Crippen molar-refractivity contribution in [3.05, 3.63) is 0 Å². The first kappa shape index (κ1) is 35.9. The number of aldehydes is 1. The molecule has 0 aromatic rings. The van der Waals surface area contributed by atoms with E-state index >= 15 is 0 Å². The van der Waals surface area contributed by atoms with Gasteiger partial charge < -0.3 is 50.3 Å². The fourth-order valence-corrected chi connectivity index (χ4v) is 2.03. The monoisotopic (exact) mass is 469 g/mol. The lowest BCUT2D eigenvalue weighted by Gasteiger charge is -2.05. The lowest BCUT2D eigenvalue weighted by atomic mass is 10.2. The van der Waals surface area contributed by atoms with Gasteiger partial charge in [-0.2, -0.15) is 0 Å². The molecule has 196 valence electrons. The lowest BCUT2D eigenvalue weighted by Crippen LogP contribution is -2.24. The van der Waals surface area contributed by atoms with Gasteiger partial charge in [-0.15, -0.1) is 0 Å². The third-order valence-corrected chi connectivity index (χ3v) is 3.74. The van der Waals surface area contributed by atoms with Crippen LogP contribution in [0.5, 0.6) is 0 Å². The van der Waals surface area contributed by atoms with Crippen molar-refractivity contribution in [2.45, 2.75) is 38.5 Å². The highest BCUT2D eigenvalue weighted by molar-refractivity contribution is 5.48.